The number of rotatable bonds is 2. The van der Waals surface area contributed by atoms with Gasteiger partial charge in [-0.25, -0.2) is 13.6 Å². The number of hydrogen-bond donors (Lipinski definition) is 1. The molecule has 1 aromatic carbocycles. The number of nitrogens with two attached hydrogens (primary N) is 1. The Labute approximate surface area is 110 Å². The molecule has 0 amide bonds. The Morgan fingerprint density at radius 3 is 2.42 bits per heavy atom. The monoisotopic (exact) mass is 309 g/mol. The van der Waals surface area contributed by atoms with E-state index in [9.17, 15) is 21.6 Å². The second kappa shape index (κ2) is 4.54. The molecular formula is C9H6F3N3O2S2. The number of primary sulfonamides is 1. The molecule has 2 aromatic rings. The van der Waals surface area contributed by atoms with Crippen molar-refractivity contribution in [3.05, 3.63) is 30.0 Å². The highest BCUT2D eigenvalue weighted by atomic mass is 32.2. The van der Waals surface area contributed by atoms with Crippen molar-refractivity contribution in [2.45, 2.75) is 11.1 Å². The fourth-order valence-corrected chi connectivity index (χ4v) is 2.77. The van der Waals surface area contributed by atoms with Crippen molar-refractivity contribution in [1.29, 1.82) is 0 Å². The number of sulfonamides is 1. The van der Waals surface area contributed by atoms with Gasteiger partial charge in [-0.3, -0.25) is 0 Å². The largest absolute Gasteiger partial charge is 0.416 e. The van der Waals surface area contributed by atoms with Crippen molar-refractivity contribution < 1.29 is 21.6 Å². The first-order valence-corrected chi connectivity index (χ1v) is 7.03. The van der Waals surface area contributed by atoms with Gasteiger partial charge in [0.15, 0.2) is 0 Å². The SMILES string of the molecule is NS(=O)(=O)c1ccc(C(F)(F)F)cc1-c1cnns1. The summed E-state index contributed by atoms with van der Waals surface area (Å²) in [6.45, 7) is 0. The van der Waals surface area contributed by atoms with E-state index < -0.39 is 26.7 Å². The highest BCUT2D eigenvalue weighted by Gasteiger charge is 2.32. The average Bonchev–Trinajstić information content (AvgIpc) is 2.79. The first-order valence-electron chi connectivity index (χ1n) is 4.71. The van der Waals surface area contributed by atoms with E-state index >= 15 is 0 Å². The summed E-state index contributed by atoms with van der Waals surface area (Å²) in [5.74, 6) is 0. The quantitative estimate of drug-likeness (QED) is 0.917. The van der Waals surface area contributed by atoms with Crippen LogP contribution in [-0.4, -0.2) is 18.0 Å². The molecule has 0 spiro atoms. The van der Waals surface area contributed by atoms with Crippen LogP contribution in [0.2, 0.25) is 0 Å². The van der Waals surface area contributed by atoms with Gasteiger partial charge >= 0.3 is 6.18 Å². The van der Waals surface area contributed by atoms with Gasteiger partial charge in [0.2, 0.25) is 10.0 Å². The van der Waals surface area contributed by atoms with Crippen molar-refractivity contribution in [2.75, 3.05) is 0 Å². The molecule has 0 saturated heterocycles. The van der Waals surface area contributed by atoms with Crippen molar-refractivity contribution in [1.82, 2.24) is 9.59 Å². The smallest absolute Gasteiger partial charge is 0.225 e. The van der Waals surface area contributed by atoms with Gasteiger partial charge in [0, 0.05) is 5.56 Å². The van der Waals surface area contributed by atoms with Gasteiger partial charge < -0.3 is 0 Å². The van der Waals surface area contributed by atoms with Gasteiger partial charge in [-0.1, -0.05) is 4.49 Å². The lowest BCUT2D eigenvalue weighted by Crippen LogP contribution is -2.14. The molecular weight excluding hydrogens is 303 g/mol. The Morgan fingerprint density at radius 2 is 1.95 bits per heavy atom. The standard InChI is InChI=1S/C9H6F3N3O2S2/c10-9(11,12)5-1-2-8(19(13,16)17)6(3-5)7-4-14-15-18-7/h1-4H,(H2,13,16,17). The summed E-state index contributed by atoms with van der Waals surface area (Å²) < 4.78 is 64.1. The Bertz CT molecular complexity index is 696. The van der Waals surface area contributed by atoms with Gasteiger partial charge in [0.25, 0.3) is 0 Å². The fraction of sp³-hybridized carbons (Fsp3) is 0.111. The molecule has 0 aliphatic heterocycles. The molecule has 0 bridgehead atoms. The molecule has 0 radical (unpaired) electrons. The minimum atomic E-state index is -4.58. The van der Waals surface area contributed by atoms with E-state index in [1.165, 1.54) is 6.20 Å². The molecule has 1 aromatic heterocycles. The van der Waals surface area contributed by atoms with Crippen molar-refractivity contribution in [3.63, 3.8) is 0 Å². The number of alkyl halides is 3. The maximum atomic E-state index is 12.6. The number of halogens is 3. The minimum absolute atomic E-state index is 0.160. The molecule has 5 nitrogen and oxygen atoms in total. The van der Waals surface area contributed by atoms with E-state index in [0.717, 1.165) is 23.7 Å². The van der Waals surface area contributed by atoms with Gasteiger partial charge in [-0.05, 0) is 29.7 Å². The summed E-state index contributed by atoms with van der Waals surface area (Å²) in [4.78, 5) is -0.207. The maximum absolute atomic E-state index is 12.6. The summed E-state index contributed by atoms with van der Waals surface area (Å²) in [6, 6.07) is 2.21. The van der Waals surface area contributed by atoms with Gasteiger partial charge in [-0.15, -0.1) is 5.10 Å². The van der Waals surface area contributed by atoms with Crippen LogP contribution in [0.5, 0.6) is 0 Å². The van der Waals surface area contributed by atoms with Crippen molar-refractivity contribution in [3.8, 4) is 10.4 Å². The summed E-state index contributed by atoms with van der Waals surface area (Å²) in [5, 5.41) is 8.44. The number of aromatic nitrogens is 2. The zero-order valence-electron chi connectivity index (χ0n) is 9.05. The Hall–Kier alpha value is -1.52. The highest BCUT2D eigenvalue weighted by molar-refractivity contribution is 7.89. The molecule has 102 valence electrons. The molecule has 0 aliphatic carbocycles. The van der Waals surface area contributed by atoms with Crippen LogP contribution in [-0.2, 0) is 16.2 Å². The third-order valence-corrected chi connectivity index (χ3v) is 3.91. The summed E-state index contributed by atoms with van der Waals surface area (Å²) >= 11 is 0.777. The molecule has 1 heterocycles. The van der Waals surface area contributed by atoms with Crippen molar-refractivity contribution in [2.24, 2.45) is 5.14 Å². The first kappa shape index (κ1) is 13.9. The average molecular weight is 309 g/mol. The highest BCUT2D eigenvalue weighted by Crippen LogP contribution is 2.35. The predicted molar refractivity (Wildman–Crippen MR) is 61.7 cm³/mol. The lowest BCUT2D eigenvalue weighted by molar-refractivity contribution is -0.137. The summed E-state index contributed by atoms with van der Waals surface area (Å²) in [5.41, 5.74) is -1.13. The van der Waals surface area contributed by atoms with E-state index in [2.05, 4.69) is 9.59 Å². The minimum Gasteiger partial charge on any atom is -0.225 e. The number of hydrogen-bond acceptors (Lipinski definition) is 5. The summed E-state index contributed by atoms with van der Waals surface area (Å²) in [6.07, 6.45) is -3.40. The lowest BCUT2D eigenvalue weighted by atomic mass is 10.1. The number of benzene rings is 1. The van der Waals surface area contributed by atoms with E-state index in [-0.39, 0.29) is 10.4 Å². The fourth-order valence-electron chi connectivity index (χ4n) is 1.43. The van der Waals surface area contributed by atoms with E-state index in [4.69, 9.17) is 5.14 Å². The van der Waals surface area contributed by atoms with Crippen LogP contribution in [0.25, 0.3) is 10.4 Å². The predicted octanol–water partition coefficient (Wildman–Crippen LogP) is 1.87. The molecule has 2 rings (SSSR count). The molecule has 10 heteroatoms. The molecule has 0 unspecified atom stereocenters. The molecule has 0 aliphatic rings. The van der Waals surface area contributed by atoms with Crippen molar-refractivity contribution >= 4 is 21.6 Å². The molecule has 19 heavy (non-hydrogen) atoms. The van der Waals surface area contributed by atoms with Crippen LogP contribution in [0.4, 0.5) is 13.2 Å². The third-order valence-electron chi connectivity index (χ3n) is 2.24. The van der Waals surface area contributed by atoms with E-state index in [1.807, 2.05) is 0 Å². The summed E-state index contributed by atoms with van der Waals surface area (Å²) in [7, 11) is -4.14. The topological polar surface area (TPSA) is 85.9 Å². The molecule has 0 saturated carbocycles. The van der Waals surface area contributed by atoms with Crippen LogP contribution in [0.15, 0.2) is 29.3 Å². The molecule has 2 N–H and O–H groups in total. The van der Waals surface area contributed by atoms with Gasteiger partial charge in [0.1, 0.15) is 0 Å². The first-order chi connectivity index (χ1) is 8.69. The normalized spacial score (nSPS) is 12.6. The van der Waals surface area contributed by atoms with E-state index in [0.29, 0.717) is 6.07 Å². The molecule has 0 atom stereocenters. The van der Waals surface area contributed by atoms with E-state index in [1.54, 1.807) is 0 Å². The second-order valence-corrected chi connectivity index (χ2v) is 5.85. The van der Waals surface area contributed by atoms with Crippen LogP contribution in [0.3, 0.4) is 0 Å². The maximum Gasteiger partial charge on any atom is 0.416 e. The Kier molecular flexibility index (Phi) is 3.32. The third kappa shape index (κ3) is 2.91. The zero-order valence-corrected chi connectivity index (χ0v) is 10.7. The lowest BCUT2D eigenvalue weighted by Gasteiger charge is -2.10. The number of nitrogens with zero attached hydrogens (tertiary/aromatic N) is 2. The zero-order chi connectivity index (χ0) is 14.3. The van der Waals surface area contributed by atoms with Crippen LogP contribution in [0, 0.1) is 0 Å². The van der Waals surface area contributed by atoms with Crippen LogP contribution in [0.1, 0.15) is 5.56 Å². The Balaban J connectivity index is 2.72. The van der Waals surface area contributed by atoms with Crippen LogP contribution < -0.4 is 5.14 Å². The second-order valence-electron chi connectivity index (χ2n) is 3.54. The van der Waals surface area contributed by atoms with Crippen LogP contribution >= 0.6 is 11.5 Å². The van der Waals surface area contributed by atoms with Gasteiger partial charge in [-0.2, -0.15) is 13.2 Å². The van der Waals surface area contributed by atoms with Gasteiger partial charge in [0.05, 0.1) is 21.5 Å². The molecule has 0 fully saturated rings. The Morgan fingerprint density at radius 1 is 1.26 bits per heavy atom.